The molecule has 4 nitrogen and oxygen atoms in total. The minimum absolute atomic E-state index is 0.0275. The van der Waals surface area contributed by atoms with E-state index in [1.54, 1.807) is 0 Å². The number of nitrogens with one attached hydrogen (secondary N) is 1. The number of aromatic nitrogens is 2. The number of carbonyl (C=O) groups is 1. The third-order valence-electron chi connectivity index (χ3n) is 4.68. The minimum atomic E-state index is -5.18. The van der Waals surface area contributed by atoms with Crippen molar-refractivity contribution in [2.24, 2.45) is 0 Å². The van der Waals surface area contributed by atoms with Crippen LogP contribution in [0.3, 0.4) is 0 Å². The molecular formula is C20H14F7N3OS. The summed E-state index contributed by atoms with van der Waals surface area (Å²) in [6.45, 7) is 0. The standard InChI is InChI=1S/C20H14F7N3OS/c1-29(13-4-2-12(21)3-5-13)17(31)10-14-15(20(25,26)27)8-11(19(22,23)24)9-16(14)30-7-6-28-18(30)32/h2-9H,10H2,1H3,(H,28,32). The molecule has 0 spiro atoms. The highest BCUT2D eigenvalue weighted by Crippen LogP contribution is 2.40. The number of H-pyrrole nitrogens is 1. The van der Waals surface area contributed by atoms with Crippen LogP contribution in [0.1, 0.15) is 16.7 Å². The van der Waals surface area contributed by atoms with Crippen LogP contribution in [0, 0.1) is 10.6 Å². The third kappa shape index (κ3) is 4.85. The van der Waals surface area contributed by atoms with Crippen LogP contribution < -0.4 is 4.90 Å². The van der Waals surface area contributed by atoms with E-state index in [9.17, 15) is 35.5 Å². The lowest BCUT2D eigenvalue weighted by Crippen LogP contribution is -2.29. The van der Waals surface area contributed by atoms with E-state index in [4.69, 9.17) is 12.2 Å². The van der Waals surface area contributed by atoms with Crippen LogP contribution in [0.4, 0.5) is 36.4 Å². The Morgan fingerprint density at radius 2 is 1.69 bits per heavy atom. The number of halogens is 7. The normalized spacial score (nSPS) is 12.1. The van der Waals surface area contributed by atoms with Gasteiger partial charge >= 0.3 is 12.4 Å². The topological polar surface area (TPSA) is 41.0 Å². The molecule has 170 valence electrons. The summed E-state index contributed by atoms with van der Waals surface area (Å²) < 4.78 is 95.3. The van der Waals surface area contributed by atoms with Crippen molar-refractivity contribution in [1.29, 1.82) is 0 Å². The fourth-order valence-electron chi connectivity index (χ4n) is 3.06. The van der Waals surface area contributed by atoms with E-state index in [-0.39, 0.29) is 16.5 Å². The number of amides is 1. The average molecular weight is 477 g/mol. The van der Waals surface area contributed by atoms with Crippen LogP contribution in [-0.2, 0) is 23.6 Å². The van der Waals surface area contributed by atoms with Crippen molar-refractivity contribution in [3.8, 4) is 5.69 Å². The maximum Gasteiger partial charge on any atom is 0.416 e. The molecule has 3 aromatic rings. The van der Waals surface area contributed by atoms with Crippen molar-refractivity contribution in [3.05, 3.63) is 76.1 Å². The predicted octanol–water partition coefficient (Wildman–Crippen LogP) is 5.92. The van der Waals surface area contributed by atoms with Gasteiger partial charge in [0.25, 0.3) is 0 Å². The molecule has 0 atom stereocenters. The number of likely N-dealkylation sites (N-methyl/N-ethyl adjacent to an activating group) is 1. The van der Waals surface area contributed by atoms with Crippen molar-refractivity contribution in [1.82, 2.24) is 9.55 Å². The molecule has 0 bridgehead atoms. The molecule has 0 unspecified atom stereocenters. The van der Waals surface area contributed by atoms with Crippen LogP contribution >= 0.6 is 12.2 Å². The number of benzene rings is 2. The second-order valence-electron chi connectivity index (χ2n) is 6.76. The molecule has 0 radical (unpaired) electrons. The molecule has 1 aromatic heterocycles. The van der Waals surface area contributed by atoms with Crippen LogP contribution in [0.25, 0.3) is 5.69 Å². The highest BCUT2D eigenvalue weighted by Gasteiger charge is 2.40. The molecule has 12 heteroatoms. The van der Waals surface area contributed by atoms with Gasteiger partial charge in [-0.1, -0.05) is 0 Å². The van der Waals surface area contributed by atoms with Crippen molar-refractivity contribution >= 4 is 23.8 Å². The Bertz CT molecular complexity index is 1190. The van der Waals surface area contributed by atoms with Gasteiger partial charge in [0.1, 0.15) is 5.82 Å². The lowest BCUT2D eigenvalue weighted by molar-refractivity contribution is -0.143. The summed E-state index contributed by atoms with van der Waals surface area (Å²) in [5.74, 6) is -1.44. The molecule has 0 saturated carbocycles. The lowest BCUT2D eigenvalue weighted by Gasteiger charge is -2.23. The zero-order chi connectivity index (χ0) is 23.8. The second-order valence-corrected chi connectivity index (χ2v) is 7.14. The van der Waals surface area contributed by atoms with Gasteiger partial charge in [0.15, 0.2) is 4.77 Å². The fourth-order valence-corrected chi connectivity index (χ4v) is 3.29. The molecule has 32 heavy (non-hydrogen) atoms. The first-order valence-electron chi connectivity index (χ1n) is 8.89. The summed E-state index contributed by atoms with van der Waals surface area (Å²) in [6, 6.07) is 5.09. The number of imidazole rings is 1. The van der Waals surface area contributed by atoms with Crippen molar-refractivity contribution in [2.75, 3.05) is 11.9 Å². The number of alkyl halides is 6. The van der Waals surface area contributed by atoms with Gasteiger partial charge in [0.2, 0.25) is 5.91 Å². The SMILES string of the molecule is CN(C(=O)Cc1c(-n2cc[nH]c2=S)cc(C(F)(F)F)cc1C(F)(F)F)c1ccc(F)cc1. The van der Waals surface area contributed by atoms with E-state index < -0.39 is 52.9 Å². The summed E-state index contributed by atoms with van der Waals surface area (Å²) in [5.41, 5.74) is -4.16. The van der Waals surface area contributed by atoms with Crippen molar-refractivity contribution in [3.63, 3.8) is 0 Å². The van der Waals surface area contributed by atoms with Crippen LogP contribution in [0.2, 0.25) is 0 Å². The third-order valence-corrected chi connectivity index (χ3v) is 5.00. The van der Waals surface area contributed by atoms with E-state index in [1.165, 1.54) is 25.4 Å². The van der Waals surface area contributed by atoms with Crippen LogP contribution in [-0.4, -0.2) is 22.5 Å². The summed E-state index contributed by atoms with van der Waals surface area (Å²) in [7, 11) is 1.26. The first-order valence-corrected chi connectivity index (χ1v) is 9.29. The number of aromatic amines is 1. The molecule has 0 fully saturated rings. The van der Waals surface area contributed by atoms with Gasteiger partial charge < -0.3 is 9.88 Å². The number of nitrogens with zero attached hydrogens (tertiary/aromatic N) is 2. The summed E-state index contributed by atoms with van der Waals surface area (Å²) in [5, 5.41) is 0. The average Bonchev–Trinajstić information content (AvgIpc) is 3.12. The highest BCUT2D eigenvalue weighted by molar-refractivity contribution is 7.71. The zero-order valence-corrected chi connectivity index (χ0v) is 17.0. The van der Waals surface area contributed by atoms with E-state index in [2.05, 4.69) is 4.98 Å². The number of carbonyl (C=O) groups excluding carboxylic acids is 1. The highest BCUT2D eigenvalue weighted by atomic mass is 32.1. The smallest absolute Gasteiger partial charge is 0.337 e. The summed E-state index contributed by atoms with van der Waals surface area (Å²) in [6.07, 6.45) is -8.73. The quantitative estimate of drug-likeness (QED) is 0.375. The first-order chi connectivity index (χ1) is 14.8. The number of hydrogen-bond donors (Lipinski definition) is 1. The van der Waals surface area contributed by atoms with Gasteiger partial charge in [-0.25, -0.2) is 4.39 Å². The lowest BCUT2D eigenvalue weighted by atomic mass is 9.97. The van der Waals surface area contributed by atoms with Gasteiger partial charge in [-0.3, -0.25) is 9.36 Å². The number of rotatable bonds is 4. The van der Waals surface area contributed by atoms with E-state index in [0.29, 0.717) is 6.07 Å². The second kappa shape index (κ2) is 8.41. The number of anilines is 1. The van der Waals surface area contributed by atoms with Gasteiger partial charge in [-0.2, -0.15) is 26.3 Å². The van der Waals surface area contributed by atoms with Gasteiger partial charge in [0.05, 0.1) is 23.2 Å². The Hall–Kier alpha value is -3.15. The molecule has 1 N–H and O–H groups in total. The minimum Gasteiger partial charge on any atom is -0.337 e. The zero-order valence-electron chi connectivity index (χ0n) is 16.2. The Morgan fingerprint density at radius 3 is 2.19 bits per heavy atom. The Kier molecular flexibility index (Phi) is 6.18. The van der Waals surface area contributed by atoms with E-state index in [0.717, 1.165) is 27.8 Å². The Morgan fingerprint density at radius 1 is 1.06 bits per heavy atom. The molecule has 0 saturated heterocycles. The Balaban J connectivity index is 2.18. The maximum absolute atomic E-state index is 13.8. The largest absolute Gasteiger partial charge is 0.416 e. The molecule has 0 aliphatic carbocycles. The van der Waals surface area contributed by atoms with Gasteiger partial charge in [-0.05, 0) is 54.2 Å². The molecule has 0 aliphatic heterocycles. The Labute approximate surface area is 181 Å². The van der Waals surface area contributed by atoms with Crippen LogP contribution in [0.5, 0.6) is 0 Å². The molecule has 1 heterocycles. The van der Waals surface area contributed by atoms with E-state index in [1.807, 2.05) is 0 Å². The van der Waals surface area contributed by atoms with Gasteiger partial charge in [0, 0.05) is 25.1 Å². The summed E-state index contributed by atoms with van der Waals surface area (Å²) >= 11 is 4.97. The first kappa shape index (κ1) is 23.5. The van der Waals surface area contributed by atoms with Crippen LogP contribution in [0.15, 0.2) is 48.8 Å². The maximum atomic E-state index is 13.8. The van der Waals surface area contributed by atoms with Crippen molar-refractivity contribution < 1.29 is 35.5 Å². The summed E-state index contributed by atoms with van der Waals surface area (Å²) in [4.78, 5) is 16.3. The van der Waals surface area contributed by atoms with Gasteiger partial charge in [-0.15, -0.1) is 0 Å². The van der Waals surface area contributed by atoms with Crippen molar-refractivity contribution in [2.45, 2.75) is 18.8 Å². The molecule has 2 aromatic carbocycles. The predicted molar refractivity (Wildman–Crippen MR) is 104 cm³/mol. The molecule has 1 amide bonds. The molecular weight excluding hydrogens is 463 g/mol. The fraction of sp³-hybridized carbons (Fsp3) is 0.200. The molecule has 0 aliphatic rings. The monoisotopic (exact) mass is 477 g/mol. The number of hydrogen-bond acceptors (Lipinski definition) is 2. The molecule has 3 rings (SSSR count). The van der Waals surface area contributed by atoms with E-state index >= 15 is 0 Å².